The van der Waals surface area contributed by atoms with Gasteiger partial charge in [-0.15, -0.1) is 0 Å². The van der Waals surface area contributed by atoms with Gasteiger partial charge in [0, 0.05) is 11.8 Å². The molecule has 0 aromatic heterocycles. The van der Waals surface area contributed by atoms with E-state index in [1.54, 1.807) is 38.1 Å². The molecular weight excluding hydrogens is 182 g/mol. The number of anilines is 1. The van der Waals surface area contributed by atoms with Crippen molar-refractivity contribution >= 4 is 11.8 Å². The smallest absolute Gasteiger partial charge is 0.409 e. The van der Waals surface area contributed by atoms with E-state index in [9.17, 15) is 4.79 Å². The first kappa shape index (κ1) is 12.4. The van der Waals surface area contributed by atoms with E-state index in [2.05, 4.69) is 5.32 Å². The Morgan fingerprint density at radius 2 is 1.71 bits per heavy atom. The van der Waals surface area contributed by atoms with Gasteiger partial charge in [0.1, 0.15) is 0 Å². The third-order valence-electron chi connectivity index (χ3n) is 1.03. The highest BCUT2D eigenvalue weighted by molar-refractivity contribution is 5.82. The number of rotatable bonds is 1. The Bertz CT molecular complexity index is 257. The highest BCUT2D eigenvalue weighted by atomic mass is 16.4. The summed E-state index contributed by atoms with van der Waals surface area (Å²) >= 11 is 0. The Kier molecular flexibility index (Phi) is 6.15. The maximum absolute atomic E-state index is 10.1. The van der Waals surface area contributed by atoms with Crippen LogP contribution in [0.3, 0.4) is 0 Å². The van der Waals surface area contributed by atoms with Crippen LogP contribution in [0.2, 0.25) is 0 Å². The van der Waals surface area contributed by atoms with Crippen molar-refractivity contribution in [1.82, 2.24) is 0 Å². The second kappa shape index (κ2) is 6.91. The van der Waals surface area contributed by atoms with Crippen molar-refractivity contribution in [1.29, 1.82) is 0 Å². The van der Waals surface area contributed by atoms with Crippen molar-refractivity contribution in [3.63, 3.8) is 0 Å². The molecule has 0 fully saturated rings. The number of carboxylic acid groups (broad SMARTS) is 1. The van der Waals surface area contributed by atoms with Crippen LogP contribution in [-0.4, -0.2) is 22.4 Å². The van der Waals surface area contributed by atoms with E-state index in [1.807, 2.05) is 6.07 Å². The molecule has 14 heavy (non-hydrogen) atoms. The third-order valence-corrected chi connectivity index (χ3v) is 1.03. The predicted molar refractivity (Wildman–Crippen MR) is 55.4 cm³/mol. The van der Waals surface area contributed by atoms with Crippen LogP contribution < -0.4 is 5.32 Å². The summed E-state index contributed by atoms with van der Waals surface area (Å²) in [6, 6.07) is 8.74. The van der Waals surface area contributed by atoms with Crippen LogP contribution in [0.15, 0.2) is 30.3 Å². The maximum Gasteiger partial charge on any atom is 0.409 e. The van der Waals surface area contributed by atoms with Gasteiger partial charge in [-0.1, -0.05) is 18.2 Å². The van der Waals surface area contributed by atoms with E-state index in [-0.39, 0.29) is 6.10 Å². The van der Waals surface area contributed by atoms with Crippen molar-refractivity contribution in [3.05, 3.63) is 30.3 Å². The second-order valence-electron chi connectivity index (χ2n) is 2.89. The minimum atomic E-state index is -1.04. The Morgan fingerprint density at radius 3 is 2.07 bits per heavy atom. The van der Waals surface area contributed by atoms with Gasteiger partial charge in [-0.2, -0.15) is 0 Å². The fourth-order valence-corrected chi connectivity index (χ4v) is 0.645. The Balaban J connectivity index is 0.000000364. The van der Waals surface area contributed by atoms with E-state index in [0.29, 0.717) is 5.69 Å². The fourth-order valence-electron chi connectivity index (χ4n) is 0.645. The lowest BCUT2D eigenvalue weighted by molar-refractivity contribution is 0.209. The van der Waals surface area contributed by atoms with Crippen molar-refractivity contribution in [2.24, 2.45) is 0 Å². The van der Waals surface area contributed by atoms with Crippen LogP contribution in [0.5, 0.6) is 0 Å². The van der Waals surface area contributed by atoms with Crippen molar-refractivity contribution in [3.8, 4) is 0 Å². The molecule has 0 aliphatic rings. The number of aliphatic hydroxyl groups excluding tert-OH is 1. The monoisotopic (exact) mass is 197 g/mol. The minimum Gasteiger partial charge on any atom is -0.465 e. The largest absolute Gasteiger partial charge is 0.465 e. The summed E-state index contributed by atoms with van der Waals surface area (Å²) in [4.78, 5) is 10.1. The van der Waals surface area contributed by atoms with Gasteiger partial charge in [-0.25, -0.2) is 4.79 Å². The number of hydrogen-bond acceptors (Lipinski definition) is 2. The van der Waals surface area contributed by atoms with Crippen LogP contribution in [0.4, 0.5) is 10.5 Å². The van der Waals surface area contributed by atoms with E-state index in [1.165, 1.54) is 0 Å². The van der Waals surface area contributed by atoms with Crippen LogP contribution in [0, 0.1) is 0 Å². The number of hydrogen-bond donors (Lipinski definition) is 3. The maximum atomic E-state index is 10.1. The molecule has 1 rings (SSSR count). The molecule has 3 N–H and O–H groups in total. The molecule has 0 saturated heterocycles. The molecule has 1 aromatic carbocycles. The third kappa shape index (κ3) is 8.55. The van der Waals surface area contributed by atoms with Crippen molar-refractivity contribution < 1.29 is 15.0 Å². The highest BCUT2D eigenvalue weighted by Gasteiger charge is 1.93. The molecule has 0 radical (unpaired) electrons. The molecule has 0 aliphatic carbocycles. The molecule has 0 unspecified atom stereocenters. The Labute approximate surface area is 83.2 Å². The molecule has 78 valence electrons. The SMILES string of the molecule is CC(C)O.O=C(O)Nc1ccccc1. The van der Waals surface area contributed by atoms with E-state index in [0.717, 1.165) is 0 Å². The lowest BCUT2D eigenvalue weighted by atomic mass is 10.3. The van der Waals surface area contributed by atoms with E-state index < -0.39 is 6.09 Å². The Hall–Kier alpha value is -1.55. The van der Waals surface area contributed by atoms with Crippen molar-refractivity contribution in [2.75, 3.05) is 5.32 Å². The number of aliphatic hydroxyl groups is 1. The number of carbonyl (C=O) groups is 1. The summed E-state index contributed by atoms with van der Waals surface area (Å²) in [5.74, 6) is 0. The molecule has 0 heterocycles. The average Bonchev–Trinajstić information content (AvgIpc) is 2.03. The van der Waals surface area contributed by atoms with E-state index in [4.69, 9.17) is 10.2 Å². The molecular formula is C10H15NO3. The Morgan fingerprint density at radius 1 is 1.29 bits per heavy atom. The number of amides is 1. The van der Waals surface area contributed by atoms with Gasteiger partial charge in [0.15, 0.2) is 0 Å². The first-order valence-electron chi connectivity index (χ1n) is 4.25. The first-order chi connectivity index (χ1) is 6.52. The number of para-hydroxylation sites is 1. The molecule has 1 amide bonds. The zero-order valence-corrected chi connectivity index (χ0v) is 8.27. The summed E-state index contributed by atoms with van der Waals surface area (Å²) in [5.41, 5.74) is 0.593. The minimum absolute atomic E-state index is 0.167. The van der Waals surface area contributed by atoms with Gasteiger partial charge >= 0.3 is 6.09 Å². The van der Waals surface area contributed by atoms with E-state index >= 15 is 0 Å². The zero-order chi connectivity index (χ0) is 11.0. The topological polar surface area (TPSA) is 69.6 Å². The standard InChI is InChI=1S/C7H7NO2.C3H8O/c9-7(10)8-6-4-2-1-3-5-6;1-3(2)4/h1-5,8H,(H,9,10);3-4H,1-2H3. The summed E-state index contributed by atoms with van der Waals surface area (Å²) in [7, 11) is 0. The molecule has 0 spiro atoms. The lowest BCUT2D eigenvalue weighted by Crippen LogP contribution is -2.06. The summed E-state index contributed by atoms with van der Waals surface area (Å²) in [6.45, 7) is 3.44. The molecule has 4 heteroatoms. The average molecular weight is 197 g/mol. The van der Waals surface area contributed by atoms with Gasteiger partial charge in [-0.3, -0.25) is 5.32 Å². The second-order valence-corrected chi connectivity index (χ2v) is 2.89. The van der Waals surface area contributed by atoms with Crippen LogP contribution in [0.25, 0.3) is 0 Å². The number of nitrogens with one attached hydrogen (secondary N) is 1. The summed E-state index contributed by atoms with van der Waals surface area (Å²) < 4.78 is 0. The highest BCUT2D eigenvalue weighted by Crippen LogP contribution is 2.03. The molecule has 0 saturated carbocycles. The first-order valence-corrected chi connectivity index (χ1v) is 4.25. The molecule has 4 nitrogen and oxygen atoms in total. The quantitative estimate of drug-likeness (QED) is 0.646. The van der Waals surface area contributed by atoms with Gasteiger partial charge in [0.2, 0.25) is 0 Å². The van der Waals surface area contributed by atoms with Gasteiger partial charge in [0.05, 0.1) is 0 Å². The van der Waals surface area contributed by atoms with Gasteiger partial charge in [0.25, 0.3) is 0 Å². The summed E-state index contributed by atoms with van der Waals surface area (Å²) in [6.07, 6.45) is -1.20. The molecule has 1 aromatic rings. The fraction of sp³-hybridized carbons (Fsp3) is 0.300. The van der Waals surface area contributed by atoms with Gasteiger partial charge in [-0.05, 0) is 26.0 Å². The lowest BCUT2D eigenvalue weighted by Gasteiger charge is -1.96. The summed E-state index contributed by atoms with van der Waals surface area (Å²) in [5, 5.41) is 18.5. The van der Waals surface area contributed by atoms with Crippen LogP contribution >= 0.6 is 0 Å². The van der Waals surface area contributed by atoms with Crippen molar-refractivity contribution in [2.45, 2.75) is 20.0 Å². The number of benzene rings is 1. The molecule has 0 atom stereocenters. The van der Waals surface area contributed by atoms with Gasteiger partial charge < -0.3 is 10.2 Å². The molecule has 0 aliphatic heterocycles. The normalized spacial score (nSPS) is 8.86. The van der Waals surface area contributed by atoms with Crippen LogP contribution in [-0.2, 0) is 0 Å². The predicted octanol–water partition coefficient (Wildman–Crippen LogP) is 2.16. The molecule has 0 bridgehead atoms. The van der Waals surface area contributed by atoms with Crippen LogP contribution in [0.1, 0.15) is 13.8 Å². The zero-order valence-electron chi connectivity index (χ0n) is 8.27.